The van der Waals surface area contributed by atoms with Crippen molar-refractivity contribution in [1.82, 2.24) is 0 Å². The highest BCUT2D eigenvalue weighted by atomic mass is 32.2. The van der Waals surface area contributed by atoms with Crippen LogP contribution in [0.5, 0.6) is 0 Å². The van der Waals surface area contributed by atoms with Crippen LogP contribution in [0.4, 0.5) is 0 Å². The van der Waals surface area contributed by atoms with Crippen LogP contribution in [0.1, 0.15) is 27.7 Å². The number of hydrogen-bond donors (Lipinski definition) is 0. The first kappa shape index (κ1) is 13.7. The van der Waals surface area contributed by atoms with Crippen LogP contribution in [0.15, 0.2) is 0 Å². The standard InChI is InChI=1S/C6H14O.C2H6OS/c1-5(2)7-6(3)4;1-4(2)3/h5-6H,1-4H3;1-2H3. The Bertz CT molecular complexity index is 90.3. The fourth-order valence-electron chi connectivity index (χ4n) is 0.544. The van der Waals surface area contributed by atoms with E-state index in [1.807, 2.05) is 27.7 Å². The second-order valence-electron chi connectivity index (χ2n) is 2.98. The van der Waals surface area contributed by atoms with Crippen molar-refractivity contribution in [2.45, 2.75) is 39.9 Å². The molecule has 70 valence electrons. The molecule has 0 aliphatic rings. The highest BCUT2D eigenvalue weighted by molar-refractivity contribution is 7.83. The van der Waals surface area contributed by atoms with Gasteiger partial charge in [0.25, 0.3) is 0 Å². The minimum atomic E-state index is -0.611. The van der Waals surface area contributed by atoms with E-state index in [4.69, 9.17) is 4.74 Å². The van der Waals surface area contributed by atoms with Gasteiger partial charge >= 0.3 is 0 Å². The summed E-state index contributed by atoms with van der Waals surface area (Å²) in [6, 6.07) is 0. The van der Waals surface area contributed by atoms with E-state index >= 15 is 0 Å². The average Bonchev–Trinajstić information content (AvgIpc) is 1.56. The molecule has 0 aliphatic carbocycles. The molecule has 0 spiro atoms. The molecule has 0 radical (unpaired) electrons. The molecule has 0 aromatic carbocycles. The Morgan fingerprint density at radius 1 is 1.00 bits per heavy atom. The predicted molar refractivity (Wildman–Crippen MR) is 51.3 cm³/mol. The van der Waals surface area contributed by atoms with E-state index in [0.717, 1.165) is 0 Å². The van der Waals surface area contributed by atoms with E-state index in [0.29, 0.717) is 12.2 Å². The van der Waals surface area contributed by atoms with Crippen LogP contribution in [-0.4, -0.2) is 28.9 Å². The van der Waals surface area contributed by atoms with Gasteiger partial charge in [0.05, 0.1) is 12.2 Å². The normalized spacial score (nSPS) is 10.3. The van der Waals surface area contributed by atoms with Crippen molar-refractivity contribution in [1.29, 1.82) is 0 Å². The molecule has 2 nitrogen and oxygen atoms in total. The molecule has 0 aliphatic heterocycles. The third kappa shape index (κ3) is 39.4. The van der Waals surface area contributed by atoms with Gasteiger partial charge in [0.2, 0.25) is 0 Å². The SMILES string of the molecule is CC(C)OC(C)C.CS(C)=O. The van der Waals surface area contributed by atoms with Gasteiger partial charge < -0.3 is 4.74 Å². The molecule has 0 rings (SSSR count). The van der Waals surface area contributed by atoms with Crippen LogP contribution in [0.2, 0.25) is 0 Å². The molecular formula is C8H20O2S. The first-order chi connectivity index (χ1) is 4.86. The molecule has 0 unspecified atom stereocenters. The lowest BCUT2D eigenvalue weighted by Gasteiger charge is -2.09. The highest BCUT2D eigenvalue weighted by Crippen LogP contribution is 1.93. The van der Waals surface area contributed by atoms with E-state index in [2.05, 4.69) is 0 Å². The maximum absolute atomic E-state index is 9.56. The van der Waals surface area contributed by atoms with Gasteiger partial charge in [0.15, 0.2) is 0 Å². The van der Waals surface area contributed by atoms with Crippen molar-refractivity contribution < 1.29 is 8.95 Å². The van der Waals surface area contributed by atoms with Gasteiger partial charge in [-0.1, -0.05) is 0 Å². The second kappa shape index (κ2) is 8.21. The molecule has 0 aromatic heterocycles. The summed E-state index contributed by atoms with van der Waals surface area (Å²) in [5, 5.41) is 0. The summed E-state index contributed by atoms with van der Waals surface area (Å²) < 4.78 is 14.8. The zero-order valence-electron chi connectivity index (χ0n) is 8.38. The Balaban J connectivity index is 0. The average molecular weight is 180 g/mol. The van der Waals surface area contributed by atoms with E-state index in [1.165, 1.54) is 0 Å². The number of rotatable bonds is 2. The van der Waals surface area contributed by atoms with Crippen molar-refractivity contribution in [3.63, 3.8) is 0 Å². The van der Waals surface area contributed by atoms with Gasteiger partial charge in [-0.05, 0) is 27.7 Å². The summed E-state index contributed by atoms with van der Waals surface area (Å²) in [5.41, 5.74) is 0. The molecule has 0 saturated heterocycles. The Morgan fingerprint density at radius 2 is 1.18 bits per heavy atom. The van der Waals surface area contributed by atoms with Gasteiger partial charge in [-0.2, -0.15) is 0 Å². The summed E-state index contributed by atoms with van der Waals surface area (Å²) in [4.78, 5) is 0. The molecule has 11 heavy (non-hydrogen) atoms. The largest absolute Gasteiger partial charge is 0.376 e. The fourth-order valence-corrected chi connectivity index (χ4v) is 0.544. The van der Waals surface area contributed by atoms with Crippen LogP contribution in [0, 0.1) is 0 Å². The van der Waals surface area contributed by atoms with Gasteiger partial charge in [0.1, 0.15) is 0 Å². The molecule has 0 amide bonds. The van der Waals surface area contributed by atoms with Crippen molar-refractivity contribution in [2.24, 2.45) is 0 Å². The van der Waals surface area contributed by atoms with Crippen molar-refractivity contribution in [2.75, 3.05) is 12.5 Å². The van der Waals surface area contributed by atoms with Crippen LogP contribution in [0.25, 0.3) is 0 Å². The predicted octanol–water partition coefficient (Wildman–Crippen LogP) is 1.81. The Kier molecular flexibility index (Phi) is 10.2. The molecule has 0 heterocycles. The van der Waals surface area contributed by atoms with E-state index in [1.54, 1.807) is 12.5 Å². The summed E-state index contributed by atoms with van der Waals surface area (Å²) in [5.74, 6) is 0. The minimum absolute atomic E-state index is 0.375. The zero-order chi connectivity index (χ0) is 9.44. The third-order valence-corrected chi connectivity index (χ3v) is 0.544. The van der Waals surface area contributed by atoms with Gasteiger partial charge in [-0.15, -0.1) is 0 Å². The smallest absolute Gasteiger partial charge is 0.0522 e. The van der Waals surface area contributed by atoms with Crippen LogP contribution in [-0.2, 0) is 15.5 Å². The lowest BCUT2D eigenvalue weighted by Crippen LogP contribution is -2.09. The summed E-state index contributed by atoms with van der Waals surface area (Å²) >= 11 is 0. The Morgan fingerprint density at radius 3 is 1.18 bits per heavy atom. The van der Waals surface area contributed by atoms with E-state index in [9.17, 15) is 4.21 Å². The molecular weight excluding hydrogens is 160 g/mol. The number of hydrogen-bond acceptors (Lipinski definition) is 2. The molecule has 0 aromatic rings. The lowest BCUT2D eigenvalue weighted by molar-refractivity contribution is 0.0300. The summed E-state index contributed by atoms with van der Waals surface area (Å²) in [7, 11) is -0.611. The molecule has 0 saturated carbocycles. The van der Waals surface area contributed by atoms with E-state index in [-0.39, 0.29) is 0 Å². The van der Waals surface area contributed by atoms with Gasteiger partial charge in [0, 0.05) is 23.3 Å². The van der Waals surface area contributed by atoms with Crippen LogP contribution in [0.3, 0.4) is 0 Å². The van der Waals surface area contributed by atoms with Crippen LogP contribution >= 0.6 is 0 Å². The third-order valence-electron chi connectivity index (χ3n) is 0.544. The van der Waals surface area contributed by atoms with Crippen molar-refractivity contribution in [3.8, 4) is 0 Å². The quantitative estimate of drug-likeness (QED) is 0.648. The summed E-state index contributed by atoms with van der Waals surface area (Å²) in [6.07, 6.45) is 4.03. The summed E-state index contributed by atoms with van der Waals surface area (Å²) in [6.45, 7) is 8.17. The first-order valence-electron chi connectivity index (χ1n) is 3.76. The lowest BCUT2D eigenvalue weighted by atomic mass is 10.4. The second-order valence-corrected chi connectivity index (χ2v) is 4.46. The molecule has 0 fully saturated rings. The Labute approximate surface area is 72.8 Å². The van der Waals surface area contributed by atoms with Crippen LogP contribution < -0.4 is 0 Å². The van der Waals surface area contributed by atoms with Crippen molar-refractivity contribution >= 4 is 10.8 Å². The number of ether oxygens (including phenoxy) is 1. The minimum Gasteiger partial charge on any atom is -0.376 e. The maximum atomic E-state index is 9.56. The highest BCUT2D eigenvalue weighted by Gasteiger charge is 1.94. The zero-order valence-corrected chi connectivity index (χ0v) is 9.20. The van der Waals surface area contributed by atoms with Gasteiger partial charge in [-0.3, -0.25) is 4.21 Å². The molecule has 0 atom stereocenters. The first-order valence-corrected chi connectivity index (χ1v) is 5.73. The molecule has 0 N–H and O–H groups in total. The maximum Gasteiger partial charge on any atom is 0.0522 e. The van der Waals surface area contributed by atoms with Gasteiger partial charge in [-0.25, -0.2) is 0 Å². The monoisotopic (exact) mass is 180 g/mol. The molecule has 0 bridgehead atoms. The topological polar surface area (TPSA) is 26.3 Å². The van der Waals surface area contributed by atoms with E-state index < -0.39 is 10.8 Å². The van der Waals surface area contributed by atoms with Crippen molar-refractivity contribution in [3.05, 3.63) is 0 Å². The molecule has 3 heteroatoms. The fraction of sp³-hybridized carbons (Fsp3) is 1.00. The Hall–Kier alpha value is 0.110.